The van der Waals surface area contributed by atoms with E-state index in [4.69, 9.17) is 10.1 Å². The highest BCUT2D eigenvalue weighted by Crippen LogP contribution is 2.11. The highest BCUT2D eigenvalue weighted by atomic mass is 16.6. The molecular formula is C11H8N2O2. The van der Waals surface area contributed by atoms with Crippen LogP contribution in [0, 0.1) is 11.3 Å². The zero-order valence-electron chi connectivity index (χ0n) is 8.10. The number of nitriles is 1. The molecule has 0 aliphatic carbocycles. The van der Waals surface area contributed by atoms with Gasteiger partial charge < -0.3 is 4.84 Å². The highest BCUT2D eigenvalue weighted by molar-refractivity contribution is 5.79. The molecule has 0 radical (unpaired) electrons. The van der Waals surface area contributed by atoms with Gasteiger partial charge in [0.1, 0.15) is 18.7 Å². The Morgan fingerprint density at radius 1 is 1.40 bits per heavy atom. The smallest absolute Gasteiger partial charge is 0.301 e. The SMILES string of the molecule is COn1c(=O)c(C#N)cc2ccccc21. The predicted molar refractivity (Wildman–Crippen MR) is 55.4 cm³/mol. The third kappa shape index (κ3) is 1.34. The zero-order chi connectivity index (χ0) is 10.8. The van der Waals surface area contributed by atoms with Gasteiger partial charge in [0.25, 0.3) is 0 Å². The van der Waals surface area contributed by atoms with Crippen molar-refractivity contribution >= 4 is 10.9 Å². The van der Waals surface area contributed by atoms with Crippen LogP contribution in [0.4, 0.5) is 0 Å². The number of rotatable bonds is 1. The largest absolute Gasteiger partial charge is 0.413 e. The first-order valence-electron chi connectivity index (χ1n) is 4.37. The first-order chi connectivity index (χ1) is 7.27. The van der Waals surface area contributed by atoms with Crippen molar-refractivity contribution in [1.29, 1.82) is 5.26 Å². The van der Waals surface area contributed by atoms with Crippen LogP contribution in [-0.2, 0) is 0 Å². The summed E-state index contributed by atoms with van der Waals surface area (Å²) >= 11 is 0. The van der Waals surface area contributed by atoms with Crippen molar-refractivity contribution in [3.05, 3.63) is 46.2 Å². The van der Waals surface area contributed by atoms with E-state index in [9.17, 15) is 4.79 Å². The minimum absolute atomic E-state index is 0.0792. The molecule has 1 aromatic carbocycles. The zero-order valence-corrected chi connectivity index (χ0v) is 8.10. The Bertz CT molecular complexity index is 608. The molecule has 0 aliphatic rings. The van der Waals surface area contributed by atoms with Crippen molar-refractivity contribution in [3.63, 3.8) is 0 Å². The molecule has 4 nitrogen and oxygen atoms in total. The van der Waals surface area contributed by atoms with Crippen LogP contribution < -0.4 is 10.4 Å². The molecule has 0 saturated carbocycles. The van der Waals surface area contributed by atoms with Gasteiger partial charge in [-0.15, -0.1) is 4.73 Å². The Morgan fingerprint density at radius 3 is 2.80 bits per heavy atom. The van der Waals surface area contributed by atoms with Crippen LogP contribution in [0.25, 0.3) is 10.9 Å². The van der Waals surface area contributed by atoms with Crippen molar-refractivity contribution in [3.8, 4) is 6.07 Å². The lowest BCUT2D eigenvalue weighted by Gasteiger charge is -2.07. The summed E-state index contributed by atoms with van der Waals surface area (Å²) in [5.41, 5.74) is 0.304. The second-order valence-electron chi connectivity index (χ2n) is 3.01. The fourth-order valence-corrected chi connectivity index (χ4v) is 1.49. The topological polar surface area (TPSA) is 55.0 Å². The normalized spacial score (nSPS) is 9.87. The Balaban J connectivity index is 2.98. The first-order valence-corrected chi connectivity index (χ1v) is 4.37. The third-order valence-electron chi connectivity index (χ3n) is 2.17. The molecule has 0 saturated heterocycles. The number of fused-ring (bicyclic) bond motifs is 1. The quantitative estimate of drug-likeness (QED) is 0.688. The van der Waals surface area contributed by atoms with E-state index in [1.165, 1.54) is 7.11 Å². The summed E-state index contributed by atoms with van der Waals surface area (Å²) in [4.78, 5) is 16.6. The van der Waals surface area contributed by atoms with E-state index in [2.05, 4.69) is 0 Å². The molecule has 0 aliphatic heterocycles. The summed E-state index contributed by atoms with van der Waals surface area (Å²) < 4.78 is 1.12. The van der Waals surface area contributed by atoms with Crippen LogP contribution in [0.3, 0.4) is 0 Å². The molecule has 0 amide bonds. The van der Waals surface area contributed by atoms with Crippen molar-refractivity contribution in [2.45, 2.75) is 0 Å². The van der Waals surface area contributed by atoms with E-state index in [1.807, 2.05) is 24.3 Å². The number of hydrogen-bond acceptors (Lipinski definition) is 3. The van der Waals surface area contributed by atoms with Crippen LogP contribution in [0.2, 0.25) is 0 Å². The average molecular weight is 200 g/mol. The van der Waals surface area contributed by atoms with E-state index < -0.39 is 5.56 Å². The minimum atomic E-state index is -0.432. The molecular weight excluding hydrogens is 192 g/mol. The summed E-state index contributed by atoms with van der Waals surface area (Å²) in [5, 5.41) is 9.58. The van der Waals surface area contributed by atoms with Gasteiger partial charge in [0.15, 0.2) is 0 Å². The van der Waals surface area contributed by atoms with E-state index in [0.29, 0.717) is 5.52 Å². The van der Waals surface area contributed by atoms with Gasteiger partial charge in [-0.3, -0.25) is 4.79 Å². The summed E-state index contributed by atoms with van der Waals surface area (Å²) in [6, 6.07) is 10.7. The molecule has 0 N–H and O–H groups in total. The molecule has 0 atom stereocenters. The Labute approximate surface area is 85.9 Å². The average Bonchev–Trinajstić information content (AvgIpc) is 2.28. The second kappa shape index (κ2) is 3.46. The molecule has 2 aromatic rings. The second-order valence-corrected chi connectivity index (χ2v) is 3.01. The van der Waals surface area contributed by atoms with Crippen LogP contribution in [0.15, 0.2) is 35.1 Å². The number of benzene rings is 1. The van der Waals surface area contributed by atoms with Gasteiger partial charge in [-0.25, -0.2) is 0 Å². The van der Waals surface area contributed by atoms with Gasteiger partial charge >= 0.3 is 5.56 Å². The van der Waals surface area contributed by atoms with Crippen LogP contribution in [0.5, 0.6) is 0 Å². The van der Waals surface area contributed by atoms with Gasteiger partial charge in [-0.1, -0.05) is 18.2 Å². The van der Waals surface area contributed by atoms with Crippen molar-refractivity contribution in [2.24, 2.45) is 0 Å². The maximum absolute atomic E-state index is 11.7. The fraction of sp³-hybridized carbons (Fsp3) is 0.0909. The molecule has 1 heterocycles. The number of para-hydroxylation sites is 1. The van der Waals surface area contributed by atoms with Crippen LogP contribution in [-0.4, -0.2) is 11.8 Å². The highest BCUT2D eigenvalue weighted by Gasteiger charge is 2.07. The van der Waals surface area contributed by atoms with Gasteiger partial charge in [-0.2, -0.15) is 5.26 Å². The van der Waals surface area contributed by atoms with E-state index in [-0.39, 0.29) is 5.56 Å². The van der Waals surface area contributed by atoms with Gasteiger partial charge in [0.05, 0.1) is 5.52 Å². The van der Waals surface area contributed by atoms with Crippen molar-refractivity contribution < 1.29 is 4.84 Å². The Morgan fingerprint density at radius 2 is 2.13 bits per heavy atom. The maximum atomic E-state index is 11.7. The lowest BCUT2D eigenvalue weighted by molar-refractivity contribution is 0.169. The molecule has 0 spiro atoms. The molecule has 1 aromatic heterocycles. The molecule has 0 unspecified atom stereocenters. The summed E-state index contributed by atoms with van der Waals surface area (Å²) in [7, 11) is 1.40. The molecule has 4 heteroatoms. The van der Waals surface area contributed by atoms with Gasteiger partial charge in [0.2, 0.25) is 0 Å². The third-order valence-corrected chi connectivity index (χ3v) is 2.17. The maximum Gasteiger partial charge on any atom is 0.301 e. The lowest BCUT2D eigenvalue weighted by atomic mass is 10.2. The Kier molecular flexibility index (Phi) is 2.14. The first kappa shape index (κ1) is 9.28. The van der Waals surface area contributed by atoms with E-state index in [1.54, 1.807) is 12.1 Å². The molecule has 0 bridgehead atoms. The van der Waals surface area contributed by atoms with E-state index in [0.717, 1.165) is 10.1 Å². The van der Waals surface area contributed by atoms with Crippen molar-refractivity contribution in [2.75, 3.05) is 7.11 Å². The predicted octanol–water partition coefficient (Wildman–Crippen LogP) is 0.932. The minimum Gasteiger partial charge on any atom is -0.413 e. The van der Waals surface area contributed by atoms with E-state index >= 15 is 0 Å². The lowest BCUT2D eigenvalue weighted by Crippen LogP contribution is -2.27. The molecule has 2 rings (SSSR count). The number of hydrogen-bond donors (Lipinski definition) is 0. The van der Waals surface area contributed by atoms with Crippen LogP contribution >= 0.6 is 0 Å². The number of aromatic nitrogens is 1. The fourth-order valence-electron chi connectivity index (χ4n) is 1.49. The van der Waals surface area contributed by atoms with Crippen LogP contribution in [0.1, 0.15) is 5.56 Å². The standard InChI is InChI=1S/C11H8N2O2/c1-15-13-10-5-3-2-4-8(10)6-9(7-12)11(13)14/h2-6H,1H3. The monoisotopic (exact) mass is 200 g/mol. The summed E-state index contributed by atoms with van der Waals surface area (Å²) in [5.74, 6) is 0. The van der Waals surface area contributed by atoms with Gasteiger partial charge in [-0.05, 0) is 12.1 Å². The molecule has 74 valence electrons. The summed E-state index contributed by atoms with van der Waals surface area (Å²) in [6.45, 7) is 0. The number of nitrogens with zero attached hydrogens (tertiary/aromatic N) is 2. The molecule has 15 heavy (non-hydrogen) atoms. The summed E-state index contributed by atoms with van der Waals surface area (Å²) in [6.07, 6.45) is 0. The van der Waals surface area contributed by atoms with Crippen molar-refractivity contribution in [1.82, 2.24) is 4.73 Å². The Hall–Kier alpha value is -2.28. The number of pyridine rings is 1. The molecule has 0 fully saturated rings. The van der Waals surface area contributed by atoms with Gasteiger partial charge in [0, 0.05) is 5.39 Å².